The second kappa shape index (κ2) is 6.84. The van der Waals surface area contributed by atoms with Crippen molar-refractivity contribution < 1.29 is 14.0 Å². The second-order valence-electron chi connectivity index (χ2n) is 6.76. The van der Waals surface area contributed by atoms with Gasteiger partial charge in [-0.05, 0) is 37.3 Å². The lowest BCUT2D eigenvalue weighted by Gasteiger charge is -2.24. The standard InChI is InChI=1S/C18H22ClN3O3/c1-23-15-9-11(7-12(19)16(15)24-2)17-21-18(25-22-17)14-8-10-5-3-4-6-13(10)20-14/h7,9-10,13-14,20H,3-6,8H2,1-2H3. The minimum atomic E-state index is 0.143. The van der Waals surface area contributed by atoms with Gasteiger partial charge in [0.05, 0.1) is 25.3 Å². The lowest BCUT2D eigenvalue weighted by Crippen LogP contribution is -2.30. The van der Waals surface area contributed by atoms with Crippen LogP contribution < -0.4 is 14.8 Å². The Morgan fingerprint density at radius 2 is 2.04 bits per heavy atom. The smallest absolute Gasteiger partial charge is 0.244 e. The van der Waals surface area contributed by atoms with E-state index >= 15 is 0 Å². The first-order chi connectivity index (χ1) is 12.2. The Labute approximate surface area is 151 Å². The Morgan fingerprint density at radius 3 is 2.80 bits per heavy atom. The van der Waals surface area contributed by atoms with Gasteiger partial charge in [0, 0.05) is 11.6 Å². The van der Waals surface area contributed by atoms with Crippen molar-refractivity contribution in [1.29, 1.82) is 0 Å². The molecule has 1 saturated carbocycles. The van der Waals surface area contributed by atoms with E-state index in [0.717, 1.165) is 17.9 Å². The first-order valence-electron chi connectivity index (χ1n) is 8.71. The van der Waals surface area contributed by atoms with Crippen molar-refractivity contribution in [3.8, 4) is 22.9 Å². The van der Waals surface area contributed by atoms with Crippen molar-refractivity contribution in [2.45, 2.75) is 44.2 Å². The third-order valence-corrected chi connectivity index (χ3v) is 5.58. The highest BCUT2D eigenvalue weighted by Crippen LogP contribution is 2.41. The van der Waals surface area contributed by atoms with Crippen molar-refractivity contribution in [3.63, 3.8) is 0 Å². The Kier molecular flexibility index (Phi) is 4.56. The number of rotatable bonds is 4. The van der Waals surface area contributed by atoms with E-state index < -0.39 is 0 Å². The predicted octanol–water partition coefficient (Wildman–Crippen LogP) is 4.00. The van der Waals surface area contributed by atoms with Crippen molar-refractivity contribution in [3.05, 3.63) is 23.0 Å². The number of nitrogens with zero attached hydrogens (tertiary/aromatic N) is 2. The van der Waals surface area contributed by atoms with E-state index in [9.17, 15) is 0 Å². The Balaban J connectivity index is 1.58. The molecule has 2 heterocycles. The lowest BCUT2D eigenvalue weighted by molar-refractivity contribution is 0.324. The van der Waals surface area contributed by atoms with E-state index in [1.807, 2.05) is 0 Å². The summed E-state index contributed by atoms with van der Waals surface area (Å²) < 4.78 is 16.1. The molecule has 0 spiro atoms. The summed E-state index contributed by atoms with van der Waals surface area (Å²) in [5, 5.41) is 8.25. The van der Waals surface area contributed by atoms with Crippen LogP contribution in [0.1, 0.15) is 44.0 Å². The molecule has 4 rings (SSSR count). The summed E-state index contributed by atoms with van der Waals surface area (Å²) in [7, 11) is 3.13. The van der Waals surface area contributed by atoms with Crippen LogP contribution in [0, 0.1) is 5.92 Å². The normalized spacial score (nSPS) is 25.6. The molecule has 25 heavy (non-hydrogen) atoms. The molecule has 7 heteroatoms. The van der Waals surface area contributed by atoms with E-state index in [1.54, 1.807) is 26.4 Å². The number of hydrogen-bond donors (Lipinski definition) is 1. The Bertz CT molecular complexity index is 750. The van der Waals surface area contributed by atoms with E-state index in [0.29, 0.717) is 34.3 Å². The maximum Gasteiger partial charge on any atom is 0.244 e. The predicted molar refractivity (Wildman–Crippen MR) is 94.1 cm³/mol. The maximum atomic E-state index is 6.28. The quantitative estimate of drug-likeness (QED) is 0.885. The molecule has 1 N–H and O–H groups in total. The number of aromatic nitrogens is 2. The average Bonchev–Trinajstić information content (AvgIpc) is 3.27. The molecule has 2 aliphatic rings. The SMILES string of the molecule is COc1cc(-c2noc(C3CC4CCCCC4N3)n2)cc(Cl)c1OC. The number of ether oxygens (including phenoxy) is 2. The van der Waals surface area contributed by atoms with Gasteiger partial charge in [-0.2, -0.15) is 4.98 Å². The first-order valence-corrected chi connectivity index (χ1v) is 9.09. The zero-order valence-corrected chi connectivity index (χ0v) is 15.2. The first kappa shape index (κ1) is 16.7. The summed E-state index contributed by atoms with van der Waals surface area (Å²) in [4.78, 5) is 4.60. The average molecular weight is 364 g/mol. The molecule has 134 valence electrons. The van der Waals surface area contributed by atoms with Gasteiger partial charge in [-0.15, -0.1) is 0 Å². The summed E-state index contributed by atoms with van der Waals surface area (Å²) in [6.45, 7) is 0. The maximum absolute atomic E-state index is 6.28. The van der Waals surface area contributed by atoms with Crippen LogP contribution in [0.3, 0.4) is 0 Å². The van der Waals surface area contributed by atoms with Gasteiger partial charge in [0.1, 0.15) is 0 Å². The largest absolute Gasteiger partial charge is 0.493 e. The third-order valence-electron chi connectivity index (χ3n) is 5.29. The fraction of sp³-hybridized carbons (Fsp3) is 0.556. The number of hydrogen-bond acceptors (Lipinski definition) is 6. The minimum Gasteiger partial charge on any atom is -0.493 e. The minimum absolute atomic E-state index is 0.143. The molecule has 0 radical (unpaired) electrons. The van der Waals surface area contributed by atoms with Gasteiger partial charge >= 0.3 is 0 Å². The van der Waals surface area contributed by atoms with Gasteiger partial charge in [0.25, 0.3) is 0 Å². The highest BCUT2D eigenvalue weighted by molar-refractivity contribution is 6.32. The van der Waals surface area contributed by atoms with Crippen molar-refractivity contribution >= 4 is 11.6 Å². The highest BCUT2D eigenvalue weighted by atomic mass is 35.5. The Hall–Kier alpha value is -1.79. The van der Waals surface area contributed by atoms with Crippen molar-refractivity contribution in [1.82, 2.24) is 15.5 Å². The van der Waals surface area contributed by atoms with Gasteiger partial charge in [-0.1, -0.05) is 29.6 Å². The third kappa shape index (κ3) is 3.09. The molecular formula is C18H22ClN3O3. The highest BCUT2D eigenvalue weighted by Gasteiger charge is 2.38. The van der Waals surface area contributed by atoms with Gasteiger partial charge in [0.2, 0.25) is 11.7 Å². The molecule has 3 unspecified atom stereocenters. The van der Waals surface area contributed by atoms with Crippen LogP contribution in [0.5, 0.6) is 11.5 Å². The Morgan fingerprint density at radius 1 is 1.20 bits per heavy atom. The molecule has 1 aromatic carbocycles. The van der Waals surface area contributed by atoms with Gasteiger partial charge in [0.15, 0.2) is 11.5 Å². The molecule has 0 bridgehead atoms. The summed E-state index contributed by atoms with van der Waals surface area (Å²) >= 11 is 6.28. The van der Waals surface area contributed by atoms with Gasteiger partial charge < -0.3 is 19.3 Å². The van der Waals surface area contributed by atoms with Crippen LogP contribution in [-0.4, -0.2) is 30.4 Å². The lowest BCUT2D eigenvalue weighted by atomic mass is 9.85. The number of nitrogens with one attached hydrogen (secondary N) is 1. The summed E-state index contributed by atoms with van der Waals surface area (Å²) in [5.41, 5.74) is 0.744. The topological polar surface area (TPSA) is 69.4 Å². The number of halogens is 1. The summed E-state index contributed by atoms with van der Waals surface area (Å²) in [5.74, 6) is 2.92. The van der Waals surface area contributed by atoms with Crippen LogP contribution in [0.15, 0.2) is 16.7 Å². The fourth-order valence-electron chi connectivity index (χ4n) is 4.05. The van der Waals surface area contributed by atoms with Crippen LogP contribution in [0.2, 0.25) is 5.02 Å². The zero-order valence-electron chi connectivity index (χ0n) is 14.4. The number of fused-ring (bicyclic) bond motifs is 1. The van der Waals surface area contributed by atoms with Gasteiger partial charge in [-0.3, -0.25) is 0 Å². The molecular weight excluding hydrogens is 342 g/mol. The molecule has 1 aliphatic heterocycles. The molecule has 2 fully saturated rings. The van der Waals surface area contributed by atoms with E-state index in [1.165, 1.54) is 25.7 Å². The molecule has 2 aromatic rings. The zero-order chi connectivity index (χ0) is 17.4. The van der Waals surface area contributed by atoms with E-state index in [2.05, 4.69) is 15.5 Å². The van der Waals surface area contributed by atoms with Crippen LogP contribution in [0.4, 0.5) is 0 Å². The number of benzene rings is 1. The van der Waals surface area contributed by atoms with Crippen LogP contribution >= 0.6 is 11.6 Å². The van der Waals surface area contributed by atoms with Crippen LogP contribution in [-0.2, 0) is 0 Å². The molecule has 0 amide bonds. The monoisotopic (exact) mass is 363 g/mol. The molecule has 6 nitrogen and oxygen atoms in total. The second-order valence-corrected chi connectivity index (χ2v) is 7.16. The molecule has 1 saturated heterocycles. The van der Waals surface area contributed by atoms with Crippen molar-refractivity contribution in [2.75, 3.05) is 14.2 Å². The molecule has 1 aromatic heterocycles. The molecule has 1 aliphatic carbocycles. The summed E-state index contributed by atoms with van der Waals surface area (Å²) in [6.07, 6.45) is 6.24. The van der Waals surface area contributed by atoms with Gasteiger partial charge in [-0.25, -0.2) is 0 Å². The fourth-order valence-corrected chi connectivity index (χ4v) is 4.34. The van der Waals surface area contributed by atoms with E-state index in [-0.39, 0.29) is 6.04 Å². The van der Waals surface area contributed by atoms with Crippen LogP contribution in [0.25, 0.3) is 11.4 Å². The molecule has 3 atom stereocenters. The van der Waals surface area contributed by atoms with Crippen molar-refractivity contribution in [2.24, 2.45) is 5.92 Å². The number of methoxy groups -OCH3 is 2. The van der Waals surface area contributed by atoms with E-state index in [4.69, 9.17) is 25.6 Å². The summed E-state index contributed by atoms with van der Waals surface area (Å²) in [6, 6.07) is 4.30.